The number of amides is 2. The van der Waals surface area contributed by atoms with Crippen LogP contribution in [0.5, 0.6) is 0 Å². The van der Waals surface area contributed by atoms with Gasteiger partial charge in [-0.3, -0.25) is 9.59 Å². The molecule has 1 unspecified atom stereocenters. The van der Waals surface area contributed by atoms with E-state index in [1.807, 2.05) is 27.3 Å². The molecule has 0 aliphatic carbocycles. The molecule has 156 valence electrons. The van der Waals surface area contributed by atoms with Crippen molar-refractivity contribution in [2.45, 2.75) is 39.0 Å². The Morgan fingerprint density at radius 3 is 2.66 bits per heavy atom. The Morgan fingerprint density at radius 1 is 1.17 bits per heavy atom. The molecule has 2 fully saturated rings. The molecule has 0 spiro atoms. The lowest BCUT2D eigenvalue weighted by atomic mass is 9.92. The summed E-state index contributed by atoms with van der Waals surface area (Å²) in [6, 6.07) is 3.83. The highest BCUT2D eigenvalue weighted by Gasteiger charge is 2.31. The molecule has 5 nitrogen and oxygen atoms in total. The molecule has 4 rings (SSSR count). The van der Waals surface area contributed by atoms with Crippen molar-refractivity contribution in [3.05, 3.63) is 27.5 Å². The van der Waals surface area contributed by atoms with Gasteiger partial charge in [-0.15, -0.1) is 22.7 Å². The standard InChI is InChI=1S/C21H26ClN3O2S2/c1-14-3-2-8-25(12-14)21(27)15-6-9-24(10-7-15)19(26)11-16-13-28-20(23-16)17-4-5-18(22)29-17/h4-5,13-15H,2-3,6-12H2,1H3. The first-order chi connectivity index (χ1) is 14.0. The number of likely N-dealkylation sites (tertiary alicyclic amines) is 2. The lowest BCUT2D eigenvalue weighted by molar-refractivity contribution is -0.141. The van der Waals surface area contributed by atoms with Gasteiger partial charge in [0.2, 0.25) is 11.8 Å². The van der Waals surface area contributed by atoms with Crippen molar-refractivity contribution in [1.29, 1.82) is 0 Å². The molecular weight excluding hydrogens is 426 g/mol. The Kier molecular flexibility index (Phi) is 6.56. The smallest absolute Gasteiger partial charge is 0.228 e. The average molecular weight is 452 g/mol. The monoisotopic (exact) mass is 451 g/mol. The highest BCUT2D eigenvalue weighted by atomic mass is 35.5. The Morgan fingerprint density at radius 2 is 1.97 bits per heavy atom. The third kappa shape index (κ3) is 5.01. The number of carbonyl (C=O) groups excluding carboxylic acids is 2. The van der Waals surface area contributed by atoms with Crippen molar-refractivity contribution in [1.82, 2.24) is 14.8 Å². The van der Waals surface area contributed by atoms with Crippen molar-refractivity contribution >= 4 is 46.1 Å². The zero-order valence-corrected chi connectivity index (χ0v) is 19.0. The van der Waals surface area contributed by atoms with Gasteiger partial charge in [-0.1, -0.05) is 18.5 Å². The van der Waals surface area contributed by atoms with Crippen LogP contribution in [0.3, 0.4) is 0 Å². The van der Waals surface area contributed by atoms with Gasteiger partial charge in [-0.05, 0) is 43.7 Å². The van der Waals surface area contributed by atoms with Crippen LogP contribution in [-0.2, 0) is 16.0 Å². The zero-order valence-electron chi connectivity index (χ0n) is 16.6. The maximum absolute atomic E-state index is 12.8. The fourth-order valence-electron chi connectivity index (χ4n) is 4.22. The molecule has 2 aromatic heterocycles. The van der Waals surface area contributed by atoms with Crippen molar-refractivity contribution in [2.75, 3.05) is 26.2 Å². The maximum atomic E-state index is 12.8. The summed E-state index contributed by atoms with van der Waals surface area (Å²) in [5.74, 6) is 1.06. The third-order valence-corrected chi connectivity index (χ3v) is 8.13. The maximum Gasteiger partial charge on any atom is 0.228 e. The van der Waals surface area contributed by atoms with E-state index in [0.717, 1.165) is 52.3 Å². The fraction of sp³-hybridized carbons (Fsp3) is 0.571. The normalized spacial score (nSPS) is 20.8. The van der Waals surface area contributed by atoms with Gasteiger partial charge >= 0.3 is 0 Å². The first-order valence-corrected chi connectivity index (χ1v) is 12.3. The Hall–Kier alpha value is -1.44. The molecule has 1 atom stereocenters. The van der Waals surface area contributed by atoms with Crippen LogP contribution in [-0.4, -0.2) is 52.8 Å². The highest BCUT2D eigenvalue weighted by molar-refractivity contribution is 7.23. The van der Waals surface area contributed by atoms with Gasteiger partial charge in [0.05, 0.1) is 21.3 Å². The molecule has 0 saturated carbocycles. The summed E-state index contributed by atoms with van der Waals surface area (Å²) in [6.07, 6.45) is 4.18. The minimum Gasteiger partial charge on any atom is -0.342 e. The molecule has 0 N–H and O–H groups in total. The van der Waals surface area contributed by atoms with E-state index in [-0.39, 0.29) is 11.8 Å². The second kappa shape index (κ2) is 9.14. The molecule has 8 heteroatoms. The Labute approximate surface area is 184 Å². The number of halogens is 1. The molecule has 2 amide bonds. The van der Waals surface area contributed by atoms with Crippen LogP contribution >= 0.6 is 34.3 Å². The van der Waals surface area contributed by atoms with Crippen LogP contribution in [0.2, 0.25) is 4.34 Å². The van der Waals surface area contributed by atoms with E-state index >= 15 is 0 Å². The molecule has 2 aromatic rings. The predicted octanol–water partition coefficient (Wildman–Crippen LogP) is 4.56. The molecule has 0 bridgehead atoms. The van der Waals surface area contributed by atoms with Crippen LogP contribution in [0.25, 0.3) is 9.88 Å². The lowest BCUT2D eigenvalue weighted by Gasteiger charge is -2.37. The Bertz CT molecular complexity index is 873. The van der Waals surface area contributed by atoms with Crippen LogP contribution in [0.1, 0.15) is 38.3 Å². The molecule has 0 radical (unpaired) electrons. The highest BCUT2D eigenvalue weighted by Crippen LogP contribution is 2.33. The van der Waals surface area contributed by atoms with Gasteiger partial charge < -0.3 is 9.80 Å². The van der Waals surface area contributed by atoms with Crippen LogP contribution in [0.4, 0.5) is 0 Å². The quantitative estimate of drug-likeness (QED) is 0.684. The van der Waals surface area contributed by atoms with Crippen molar-refractivity contribution in [2.24, 2.45) is 11.8 Å². The minimum atomic E-state index is 0.0683. The molecular formula is C21H26ClN3O2S2. The number of carbonyl (C=O) groups is 2. The number of thiazole rings is 1. The van der Waals surface area contributed by atoms with E-state index in [4.69, 9.17) is 11.6 Å². The van der Waals surface area contributed by atoms with Crippen molar-refractivity contribution in [3.8, 4) is 9.88 Å². The summed E-state index contributed by atoms with van der Waals surface area (Å²) in [4.78, 5) is 35.1. The molecule has 4 heterocycles. The number of hydrogen-bond donors (Lipinski definition) is 0. The van der Waals surface area contributed by atoms with Gasteiger partial charge in [-0.2, -0.15) is 0 Å². The second-order valence-corrected chi connectivity index (χ2v) is 10.7. The first kappa shape index (κ1) is 20.8. The lowest BCUT2D eigenvalue weighted by Crippen LogP contribution is -2.47. The largest absolute Gasteiger partial charge is 0.342 e. The second-order valence-electron chi connectivity index (χ2n) is 8.11. The number of hydrogen-bond acceptors (Lipinski definition) is 5. The van der Waals surface area contributed by atoms with Gasteiger partial charge in [0.15, 0.2) is 0 Å². The van der Waals surface area contributed by atoms with Gasteiger partial charge in [0.25, 0.3) is 0 Å². The van der Waals surface area contributed by atoms with E-state index in [1.165, 1.54) is 17.8 Å². The topological polar surface area (TPSA) is 53.5 Å². The number of piperidine rings is 2. The molecule has 2 aliphatic heterocycles. The van der Waals surface area contributed by atoms with E-state index in [0.29, 0.717) is 31.3 Å². The third-order valence-electron chi connectivity index (χ3n) is 5.83. The summed E-state index contributed by atoms with van der Waals surface area (Å²) >= 11 is 9.04. The number of rotatable bonds is 4. The van der Waals surface area contributed by atoms with E-state index in [1.54, 1.807) is 11.3 Å². The van der Waals surface area contributed by atoms with E-state index < -0.39 is 0 Å². The van der Waals surface area contributed by atoms with Crippen LogP contribution in [0.15, 0.2) is 17.5 Å². The summed E-state index contributed by atoms with van der Waals surface area (Å²) in [6.45, 7) is 5.33. The van der Waals surface area contributed by atoms with Crippen LogP contribution < -0.4 is 0 Å². The molecule has 2 saturated heterocycles. The summed E-state index contributed by atoms with van der Waals surface area (Å²) in [5.41, 5.74) is 0.806. The van der Waals surface area contributed by atoms with E-state index in [9.17, 15) is 9.59 Å². The molecule has 29 heavy (non-hydrogen) atoms. The SMILES string of the molecule is CC1CCCN(C(=O)C2CCN(C(=O)Cc3csc(-c4ccc(Cl)s4)n3)CC2)C1. The van der Waals surface area contributed by atoms with Crippen LogP contribution in [0, 0.1) is 11.8 Å². The number of aromatic nitrogens is 1. The van der Waals surface area contributed by atoms with Crippen molar-refractivity contribution in [3.63, 3.8) is 0 Å². The van der Waals surface area contributed by atoms with Gasteiger partial charge in [0, 0.05) is 37.5 Å². The zero-order chi connectivity index (χ0) is 20.4. The number of thiophene rings is 1. The van der Waals surface area contributed by atoms with Gasteiger partial charge in [-0.25, -0.2) is 4.98 Å². The Balaban J connectivity index is 1.28. The summed E-state index contributed by atoms with van der Waals surface area (Å²) < 4.78 is 0.740. The molecule has 2 aliphatic rings. The minimum absolute atomic E-state index is 0.0683. The summed E-state index contributed by atoms with van der Waals surface area (Å²) in [7, 11) is 0. The predicted molar refractivity (Wildman–Crippen MR) is 118 cm³/mol. The fourth-order valence-corrected chi connectivity index (χ4v) is 6.16. The summed E-state index contributed by atoms with van der Waals surface area (Å²) in [5, 5.41) is 2.86. The number of nitrogens with zero attached hydrogens (tertiary/aromatic N) is 3. The first-order valence-electron chi connectivity index (χ1n) is 10.3. The van der Waals surface area contributed by atoms with E-state index in [2.05, 4.69) is 11.9 Å². The average Bonchev–Trinajstić information content (AvgIpc) is 3.36. The van der Waals surface area contributed by atoms with Gasteiger partial charge in [0.1, 0.15) is 5.01 Å². The molecule has 0 aromatic carbocycles. The van der Waals surface area contributed by atoms with Crippen molar-refractivity contribution < 1.29 is 9.59 Å².